The molecule has 0 spiro atoms. The number of ketones is 1. The van der Waals surface area contributed by atoms with E-state index in [-0.39, 0.29) is 53.2 Å². The Labute approximate surface area is 323 Å². The number of fused-ring (bicyclic) bond motifs is 1. The molecule has 12 nitrogen and oxygen atoms in total. The lowest BCUT2D eigenvalue weighted by Gasteiger charge is -2.49. The van der Waals surface area contributed by atoms with Crippen LogP contribution < -0.4 is 21.3 Å². The Balaban J connectivity index is 1.43. The van der Waals surface area contributed by atoms with Gasteiger partial charge >= 0.3 is 6.03 Å². The molecule has 0 aromatic carbocycles. The Morgan fingerprint density at radius 2 is 1.52 bits per heavy atom. The molecule has 4 aliphatic carbocycles. The van der Waals surface area contributed by atoms with E-state index in [4.69, 9.17) is 0 Å². The number of piperidine rings is 1. The Bertz CT molecular complexity index is 1580. The number of nitrogens with one attached hydrogen (secondary N) is 4. The van der Waals surface area contributed by atoms with Crippen LogP contribution in [-0.2, 0) is 29.0 Å². The minimum absolute atomic E-state index is 0.0640. The number of urea groups is 1. The summed E-state index contributed by atoms with van der Waals surface area (Å²) in [6.07, 6.45) is 10.4. The molecule has 4 N–H and O–H groups in total. The average molecular weight is 774 g/mol. The minimum atomic E-state index is -3.63. The highest BCUT2D eigenvalue weighted by atomic mass is 32.2. The van der Waals surface area contributed by atoms with Crippen LogP contribution in [0.2, 0.25) is 0 Å². The zero-order valence-electron chi connectivity index (χ0n) is 34.0. The summed E-state index contributed by atoms with van der Waals surface area (Å²) in [7, 11) is -3.63. The summed E-state index contributed by atoms with van der Waals surface area (Å²) in [5.74, 6) is -2.55. The van der Waals surface area contributed by atoms with Crippen molar-refractivity contribution in [2.45, 2.75) is 154 Å². The number of sulfone groups is 1. The van der Waals surface area contributed by atoms with Gasteiger partial charge in [0.1, 0.15) is 12.1 Å². The second kappa shape index (κ2) is 15.5. The molecule has 13 heteroatoms. The van der Waals surface area contributed by atoms with Gasteiger partial charge in [0.25, 0.3) is 5.91 Å². The Morgan fingerprint density at radius 3 is 2.07 bits per heavy atom. The Morgan fingerprint density at radius 1 is 0.907 bits per heavy atom. The second-order valence-electron chi connectivity index (χ2n) is 19.4. The largest absolute Gasteiger partial charge is 0.346 e. The number of nitrogens with zero attached hydrogens (tertiary/aromatic N) is 1. The van der Waals surface area contributed by atoms with Gasteiger partial charge in [0, 0.05) is 13.1 Å². The molecule has 0 aromatic heterocycles. The molecule has 5 amide bonds. The van der Waals surface area contributed by atoms with Crippen LogP contribution in [0, 0.1) is 40.4 Å². The van der Waals surface area contributed by atoms with Gasteiger partial charge in [-0.1, -0.05) is 79.2 Å². The molecule has 54 heavy (non-hydrogen) atoms. The molecular weight excluding hydrogens is 707 g/mol. The van der Waals surface area contributed by atoms with Crippen LogP contribution in [0.15, 0.2) is 12.7 Å². The summed E-state index contributed by atoms with van der Waals surface area (Å²) in [5, 5.41) is 11.7. The molecule has 5 fully saturated rings. The first-order chi connectivity index (χ1) is 25.1. The number of carbonyl (C=O) groups excluding carboxylic acids is 5. The van der Waals surface area contributed by atoms with Gasteiger partial charge in [-0.15, -0.1) is 6.58 Å². The van der Waals surface area contributed by atoms with E-state index in [1.807, 2.05) is 20.8 Å². The van der Waals surface area contributed by atoms with Gasteiger partial charge in [-0.05, 0) is 93.3 Å². The fraction of sp³-hybridized carbons (Fsp3) is 0.829. The molecule has 5 rings (SSSR count). The number of Topliss-reactive ketones (excluding diaryl/α,β-unsaturated/α-hetero) is 1. The average Bonchev–Trinajstić information content (AvgIpc) is 3.94. The van der Waals surface area contributed by atoms with Crippen LogP contribution in [-0.4, -0.2) is 90.1 Å². The standard InChI is InChI=1S/C41H67N5O7S/c1-10-21-42-35(49)32(47)29(22-27-17-18-27)43-34(48)31-30-28(39(30,7)8)23-46(31)36(50)33(40(9)19-12-11-13-20-40)44-37(51)45-41(24-54(52,53)38(4,5)6)25(2)15-14-16-26(41)3/h10,25-31,33H,1,11-24H2,2-9H3,(H,42,49)(H,43,48)(H2,44,45,51)/t25-,26+,28-,29?,30-,31-,33+,41+/m0/s1. The van der Waals surface area contributed by atoms with Gasteiger partial charge in [0.05, 0.1) is 22.1 Å². The van der Waals surface area contributed by atoms with E-state index < -0.39 is 67.3 Å². The van der Waals surface area contributed by atoms with Crippen molar-refractivity contribution < 1.29 is 32.4 Å². The summed E-state index contributed by atoms with van der Waals surface area (Å²) in [6, 6.07) is -3.42. The maximum Gasteiger partial charge on any atom is 0.315 e. The number of amides is 5. The lowest BCUT2D eigenvalue weighted by molar-refractivity contribution is -0.146. The number of hydrogen-bond acceptors (Lipinski definition) is 7. The zero-order chi connectivity index (χ0) is 40.0. The summed E-state index contributed by atoms with van der Waals surface area (Å²) >= 11 is 0. The molecule has 1 heterocycles. The SMILES string of the molecule is C=CCNC(=O)C(=O)C(CC1CC1)NC(=O)[C@@H]1[C@@H]2[C@H](CN1C(=O)[C@@H](NC(=O)N[C@@]1(CS(=O)(=O)C(C)(C)C)[C@H](C)CCC[C@@H]1C)C1(C)CCCCC1)C2(C)C. The van der Waals surface area contributed by atoms with Crippen LogP contribution in [0.25, 0.3) is 0 Å². The summed E-state index contributed by atoms with van der Waals surface area (Å²) < 4.78 is 26.5. The molecule has 1 saturated heterocycles. The second-order valence-corrected chi connectivity index (χ2v) is 22.1. The summed E-state index contributed by atoms with van der Waals surface area (Å²) in [5.41, 5.74) is -1.83. The molecule has 4 saturated carbocycles. The van der Waals surface area contributed by atoms with E-state index in [1.54, 1.807) is 25.7 Å². The van der Waals surface area contributed by atoms with Crippen molar-refractivity contribution in [2.24, 2.45) is 40.4 Å². The van der Waals surface area contributed by atoms with Crippen LogP contribution in [0.5, 0.6) is 0 Å². The van der Waals surface area contributed by atoms with Crippen molar-refractivity contribution >= 4 is 39.4 Å². The van der Waals surface area contributed by atoms with E-state index in [0.717, 1.165) is 51.4 Å². The number of likely N-dealkylation sites (tertiary alicyclic amines) is 1. The van der Waals surface area contributed by atoms with E-state index in [0.29, 0.717) is 25.8 Å². The fourth-order valence-corrected chi connectivity index (χ4v) is 11.7. The first-order valence-corrected chi connectivity index (χ1v) is 22.1. The number of rotatable bonds is 14. The van der Waals surface area contributed by atoms with Gasteiger partial charge < -0.3 is 26.2 Å². The Kier molecular flexibility index (Phi) is 12.1. The maximum atomic E-state index is 15.0. The van der Waals surface area contributed by atoms with Crippen LogP contribution >= 0.6 is 0 Å². The van der Waals surface area contributed by atoms with Gasteiger partial charge in [-0.3, -0.25) is 19.2 Å². The van der Waals surface area contributed by atoms with Crippen molar-refractivity contribution in [1.29, 1.82) is 0 Å². The van der Waals surface area contributed by atoms with Crippen LogP contribution in [0.1, 0.15) is 126 Å². The van der Waals surface area contributed by atoms with Crippen molar-refractivity contribution in [3.8, 4) is 0 Å². The molecule has 1 aliphatic heterocycles. The van der Waals surface area contributed by atoms with Gasteiger partial charge in [0.15, 0.2) is 9.84 Å². The van der Waals surface area contributed by atoms with Gasteiger partial charge in [-0.25, -0.2) is 13.2 Å². The maximum absolute atomic E-state index is 15.0. The lowest BCUT2D eigenvalue weighted by Crippen LogP contribution is -2.68. The van der Waals surface area contributed by atoms with E-state index in [9.17, 15) is 27.6 Å². The normalized spacial score (nSPS) is 31.3. The molecule has 0 bridgehead atoms. The van der Waals surface area contributed by atoms with E-state index >= 15 is 4.79 Å². The summed E-state index contributed by atoms with van der Waals surface area (Å²) in [4.78, 5) is 71.4. The zero-order valence-corrected chi connectivity index (χ0v) is 34.8. The van der Waals surface area contributed by atoms with Gasteiger partial charge in [-0.2, -0.15) is 0 Å². The molecule has 304 valence electrons. The molecular formula is C41H67N5O7S. The van der Waals surface area contributed by atoms with Crippen molar-refractivity contribution in [3.63, 3.8) is 0 Å². The topological polar surface area (TPSA) is 171 Å². The molecule has 0 radical (unpaired) electrons. The minimum Gasteiger partial charge on any atom is -0.346 e. The van der Waals surface area contributed by atoms with Crippen LogP contribution in [0.3, 0.4) is 0 Å². The lowest BCUT2D eigenvalue weighted by atomic mass is 9.68. The third-order valence-corrected chi connectivity index (χ3v) is 17.0. The highest BCUT2D eigenvalue weighted by Gasteiger charge is 2.70. The highest BCUT2D eigenvalue weighted by Crippen LogP contribution is 2.65. The first-order valence-electron chi connectivity index (χ1n) is 20.4. The third-order valence-electron chi connectivity index (χ3n) is 14.2. The highest BCUT2D eigenvalue weighted by molar-refractivity contribution is 7.92. The fourth-order valence-electron chi connectivity index (χ4n) is 9.95. The molecule has 0 aromatic rings. The van der Waals surface area contributed by atoms with E-state index in [1.165, 1.54) is 6.08 Å². The molecule has 8 atom stereocenters. The smallest absolute Gasteiger partial charge is 0.315 e. The predicted molar refractivity (Wildman–Crippen MR) is 209 cm³/mol. The van der Waals surface area contributed by atoms with Crippen molar-refractivity contribution in [1.82, 2.24) is 26.2 Å². The van der Waals surface area contributed by atoms with E-state index in [2.05, 4.69) is 41.7 Å². The first kappa shape index (κ1) is 42.2. The Hall–Kier alpha value is -2.96. The molecule has 5 aliphatic rings. The van der Waals surface area contributed by atoms with Crippen molar-refractivity contribution in [3.05, 3.63) is 12.7 Å². The molecule has 1 unspecified atom stereocenters. The van der Waals surface area contributed by atoms with Gasteiger partial charge in [0.2, 0.25) is 17.6 Å². The van der Waals surface area contributed by atoms with Crippen molar-refractivity contribution in [2.75, 3.05) is 18.8 Å². The quantitative estimate of drug-likeness (QED) is 0.147. The number of carbonyl (C=O) groups is 5. The third kappa shape index (κ3) is 8.41. The predicted octanol–water partition coefficient (Wildman–Crippen LogP) is 4.67. The number of hydrogen-bond donors (Lipinski definition) is 4. The monoisotopic (exact) mass is 773 g/mol. The summed E-state index contributed by atoms with van der Waals surface area (Å²) in [6.45, 7) is 19.3. The van der Waals surface area contributed by atoms with Crippen LogP contribution in [0.4, 0.5) is 4.79 Å².